The van der Waals surface area contributed by atoms with E-state index in [0.717, 1.165) is 6.08 Å². The predicted molar refractivity (Wildman–Crippen MR) is 122 cm³/mol. The molecule has 1 N–H and O–H groups in total. The molecular formula is C24H22N4O4. The number of ether oxygens (including phenoxy) is 2. The van der Waals surface area contributed by atoms with Gasteiger partial charge in [-0.25, -0.2) is 14.6 Å². The number of anilines is 2. The second-order valence-corrected chi connectivity index (χ2v) is 6.38. The summed E-state index contributed by atoms with van der Waals surface area (Å²) >= 11 is 0. The number of hydrogen-bond acceptors (Lipinski definition) is 8. The van der Waals surface area contributed by atoms with Crippen molar-refractivity contribution in [1.29, 1.82) is 0 Å². The van der Waals surface area contributed by atoms with Crippen molar-refractivity contribution in [3.63, 3.8) is 0 Å². The Hall–Kier alpha value is -4.46. The summed E-state index contributed by atoms with van der Waals surface area (Å²) in [5, 5.41) is 10.0. The van der Waals surface area contributed by atoms with Crippen LogP contribution < -0.4 is 10.4 Å². The molecule has 32 heavy (non-hydrogen) atoms. The number of para-hydroxylation sites is 2. The SMILES string of the molecule is COC(=O)C=C(C(=O)OC)N(Nc1ccccc1N=Nc1ccccc1)c1ccccc1. The van der Waals surface area contributed by atoms with Gasteiger partial charge in [-0.2, -0.15) is 5.11 Å². The molecule has 0 aliphatic rings. The van der Waals surface area contributed by atoms with E-state index in [1.807, 2.05) is 48.5 Å². The van der Waals surface area contributed by atoms with Gasteiger partial charge in [-0.1, -0.05) is 48.5 Å². The van der Waals surface area contributed by atoms with E-state index in [1.165, 1.54) is 19.2 Å². The number of nitrogens with zero attached hydrogens (tertiary/aromatic N) is 3. The van der Waals surface area contributed by atoms with Gasteiger partial charge in [-0.15, -0.1) is 5.11 Å². The molecule has 0 amide bonds. The molecule has 8 heteroatoms. The zero-order valence-corrected chi connectivity index (χ0v) is 17.6. The van der Waals surface area contributed by atoms with Gasteiger partial charge in [-0.3, -0.25) is 5.43 Å². The molecule has 0 saturated carbocycles. The van der Waals surface area contributed by atoms with Gasteiger partial charge in [0.05, 0.1) is 37.4 Å². The van der Waals surface area contributed by atoms with Gasteiger partial charge in [0.15, 0.2) is 5.70 Å². The lowest BCUT2D eigenvalue weighted by Gasteiger charge is -2.27. The molecule has 8 nitrogen and oxygen atoms in total. The van der Waals surface area contributed by atoms with Crippen LogP contribution in [0.1, 0.15) is 0 Å². The predicted octanol–water partition coefficient (Wildman–Crippen LogP) is 5.17. The van der Waals surface area contributed by atoms with Crippen LogP contribution in [-0.2, 0) is 19.1 Å². The fraction of sp³-hybridized carbons (Fsp3) is 0.0833. The third kappa shape index (κ3) is 5.79. The topological polar surface area (TPSA) is 92.6 Å². The summed E-state index contributed by atoms with van der Waals surface area (Å²) in [6.07, 6.45) is 1.06. The average molecular weight is 430 g/mol. The molecule has 0 bridgehead atoms. The first-order valence-electron chi connectivity index (χ1n) is 9.68. The normalized spacial score (nSPS) is 11.1. The summed E-state index contributed by atoms with van der Waals surface area (Å²) < 4.78 is 9.61. The maximum absolute atomic E-state index is 12.5. The van der Waals surface area contributed by atoms with Crippen molar-refractivity contribution >= 4 is 34.7 Å². The number of esters is 2. The van der Waals surface area contributed by atoms with Gasteiger partial charge in [0, 0.05) is 0 Å². The van der Waals surface area contributed by atoms with Crippen LogP contribution in [0.15, 0.2) is 107 Å². The van der Waals surface area contributed by atoms with E-state index >= 15 is 0 Å². The molecule has 0 unspecified atom stereocenters. The van der Waals surface area contributed by atoms with Gasteiger partial charge in [0.1, 0.15) is 5.69 Å². The first kappa shape index (κ1) is 22.2. The fourth-order valence-corrected chi connectivity index (χ4v) is 2.71. The lowest BCUT2D eigenvalue weighted by atomic mass is 10.2. The van der Waals surface area contributed by atoms with Crippen molar-refractivity contribution in [2.45, 2.75) is 0 Å². The lowest BCUT2D eigenvalue weighted by Crippen LogP contribution is -2.34. The molecule has 0 atom stereocenters. The Morgan fingerprint density at radius 1 is 0.812 bits per heavy atom. The molecule has 3 rings (SSSR count). The number of carbonyl (C=O) groups excluding carboxylic acids is 2. The summed E-state index contributed by atoms with van der Waals surface area (Å²) in [4.78, 5) is 24.5. The van der Waals surface area contributed by atoms with Crippen LogP contribution in [0, 0.1) is 0 Å². The first-order chi connectivity index (χ1) is 15.6. The molecule has 0 saturated heterocycles. The molecule has 0 aliphatic heterocycles. The monoisotopic (exact) mass is 430 g/mol. The van der Waals surface area contributed by atoms with Crippen molar-refractivity contribution in [2.75, 3.05) is 24.7 Å². The first-order valence-corrected chi connectivity index (χ1v) is 9.68. The standard InChI is InChI=1S/C24H22N4O4/c1-31-23(29)17-22(24(30)32-2)28(19-13-7-4-8-14-19)27-21-16-10-9-15-20(21)26-25-18-11-5-3-6-12-18/h3-17,27H,1-2H3. The van der Waals surface area contributed by atoms with Crippen molar-refractivity contribution < 1.29 is 19.1 Å². The molecule has 0 radical (unpaired) electrons. The minimum Gasteiger partial charge on any atom is -0.466 e. The van der Waals surface area contributed by atoms with Crippen molar-refractivity contribution in [3.8, 4) is 0 Å². The van der Waals surface area contributed by atoms with E-state index in [9.17, 15) is 9.59 Å². The Morgan fingerprint density at radius 3 is 2.09 bits per heavy atom. The summed E-state index contributed by atoms with van der Waals surface area (Å²) in [5.74, 6) is -1.43. The number of azo groups is 1. The molecule has 3 aromatic rings. The van der Waals surface area contributed by atoms with Gasteiger partial charge in [-0.05, 0) is 36.4 Å². The third-order valence-electron chi connectivity index (χ3n) is 4.27. The number of benzene rings is 3. The number of carbonyl (C=O) groups is 2. The summed E-state index contributed by atoms with van der Waals surface area (Å²) in [6.45, 7) is 0. The highest BCUT2D eigenvalue weighted by molar-refractivity contribution is 6.00. The maximum Gasteiger partial charge on any atom is 0.356 e. The fourth-order valence-electron chi connectivity index (χ4n) is 2.71. The van der Waals surface area contributed by atoms with Crippen LogP contribution in [0.4, 0.5) is 22.7 Å². The molecule has 0 heterocycles. The second-order valence-electron chi connectivity index (χ2n) is 6.38. The van der Waals surface area contributed by atoms with Gasteiger partial charge < -0.3 is 9.47 Å². The van der Waals surface area contributed by atoms with Crippen LogP contribution in [-0.4, -0.2) is 26.2 Å². The van der Waals surface area contributed by atoms with Crippen molar-refractivity contribution in [2.24, 2.45) is 10.2 Å². The third-order valence-corrected chi connectivity index (χ3v) is 4.27. The van der Waals surface area contributed by atoms with E-state index < -0.39 is 11.9 Å². The highest BCUT2D eigenvalue weighted by Gasteiger charge is 2.23. The molecule has 0 aliphatic carbocycles. The van der Waals surface area contributed by atoms with Gasteiger partial charge in [0.25, 0.3) is 0 Å². The van der Waals surface area contributed by atoms with Crippen molar-refractivity contribution in [1.82, 2.24) is 0 Å². The lowest BCUT2D eigenvalue weighted by molar-refractivity contribution is -0.138. The van der Waals surface area contributed by atoms with E-state index in [2.05, 4.69) is 15.7 Å². The highest BCUT2D eigenvalue weighted by atomic mass is 16.5. The Bertz CT molecular complexity index is 1120. The Kier molecular flexibility index (Phi) is 7.69. The number of rotatable bonds is 8. The molecule has 0 fully saturated rings. The number of hydrogen-bond donors (Lipinski definition) is 1. The van der Waals surface area contributed by atoms with Gasteiger partial charge in [0.2, 0.25) is 0 Å². The number of methoxy groups -OCH3 is 2. The zero-order valence-electron chi connectivity index (χ0n) is 17.6. The van der Waals surface area contributed by atoms with Crippen LogP contribution >= 0.6 is 0 Å². The molecular weight excluding hydrogens is 408 g/mol. The highest BCUT2D eigenvalue weighted by Crippen LogP contribution is 2.30. The zero-order chi connectivity index (χ0) is 22.8. The van der Waals surface area contributed by atoms with Gasteiger partial charge >= 0.3 is 11.9 Å². The van der Waals surface area contributed by atoms with E-state index in [4.69, 9.17) is 9.47 Å². The van der Waals surface area contributed by atoms with Crippen LogP contribution in [0.2, 0.25) is 0 Å². The minimum atomic E-state index is -0.727. The molecule has 162 valence electrons. The van der Waals surface area contributed by atoms with Crippen LogP contribution in [0.3, 0.4) is 0 Å². The van der Waals surface area contributed by atoms with E-state index in [0.29, 0.717) is 22.7 Å². The van der Waals surface area contributed by atoms with E-state index in [-0.39, 0.29) is 5.70 Å². The number of hydrazine groups is 1. The van der Waals surface area contributed by atoms with Crippen LogP contribution in [0.25, 0.3) is 0 Å². The Morgan fingerprint density at radius 2 is 1.44 bits per heavy atom. The second kappa shape index (κ2) is 11.1. The van der Waals surface area contributed by atoms with Crippen LogP contribution in [0.5, 0.6) is 0 Å². The van der Waals surface area contributed by atoms with Crippen molar-refractivity contribution in [3.05, 3.63) is 96.7 Å². The quantitative estimate of drug-likeness (QED) is 0.230. The molecule has 0 aromatic heterocycles. The summed E-state index contributed by atoms with van der Waals surface area (Å²) in [5.41, 5.74) is 5.44. The Labute approximate surface area is 185 Å². The summed E-state index contributed by atoms with van der Waals surface area (Å²) in [6, 6.07) is 25.5. The smallest absolute Gasteiger partial charge is 0.356 e. The largest absolute Gasteiger partial charge is 0.466 e. The molecule has 0 spiro atoms. The van der Waals surface area contributed by atoms with E-state index in [1.54, 1.807) is 36.4 Å². The number of nitrogens with one attached hydrogen (secondary N) is 1. The maximum atomic E-state index is 12.5. The average Bonchev–Trinajstić information content (AvgIpc) is 2.86. The molecule has 3 aromatic carbocycles. The summed E-state index contributed by atoms with van der Waals surface area (Å²) in [7, 11) is 2.46. The minimum absolute atomic E-state index is 0.0691. The Balaban J connectivity index is 2.03.